The van der Waals surface area contributed by atoms with E-state index >= 15 is 0 Å². The van der Waals surface area contributed by atoms with E-state index in [1.54, 1.807) is 0 Å². The predicted molar refractivity (Wildman–Crippen MR) is 76.7 cm³/mol. The van der Waals surface area contributed by atoms with Crippen molar-refractivity contribution in [2.24, 2.45) is 4.99 Å². The standard InChI is InChI=1S/C16H21N/c1-7-12(3)14(5)17-15(6)16-10-11(2)8-9-13(16)4/h7-10H,5H2,1-4,6H3/b12-7+,17-15?. The molecule has 17 heavy (non-hydrogen) atoms. The Balaban J connectivity index is 3.12. The minimum atomic E-state index is 0.839. The maximum Gasteiger partial charge on any atom is 0.0587 e. The third-order valence-corrected chi connectivity index (χ3v) is 2.97. The smallest absolute Gasteiger partial charge is 0.0587 e. The van der Waals surface area contributed by atoms with Crippen LogP contribution in [0, 0.1) is 13.8 Å². The molecule has 0 fully saturated rings. The molecule has 0 atom stereocenters. The molecule has 0 amide bonds. The van der Waals surface area contributed by atoms with Crippen LogP contribution in [0.25, 0.3) is 0 Å². The van der Waals surface area contributed by atoms with Crippen molar-refractivity contribution in [1.82, 2.24) is 0 Å². The van der Waals surface area contributed by atoms with Crippen molar-refractivity contribution in [3.63, 3.8) is 0 Å². The van der Waals surface area contributed by atoms with Crippen LogP contribution in [0.3, 0.4) is 0 Å². The van der Waals surface area contributed by atoms with E-state index in [-0.39, 0.29) is 0 Å². The van der Waals surface area contributed by atoms with Crippen LogP contribution in [0.1, 0.15) is 37.5 Å². The molecule has 0 aliphatic heterocycles. The van der Waals surface area contributed by atoms with Gasteiger partial charge in [-0.25, -0.2) is 0 Å². The van der Waals surface area contributed by atoms with Crippen molar-refractivity contribution in [1.29, 1.82) is 0 Å². The van der Waals surface area contributed by atoms with Gasteiger partial charge in [0.2, 0.25) is 0 Å². The Morgan fingerprint density at radius 1 is 1.24 bits per heavy atom. The highest BCUT2D eigenvalue weighted by Crippen LogP contribution is 2.15. The number of allylic oxidation sites excluding steroid dienone is 2. The van der Waals surface area contributed by atoms with E-state index in [9.17, 15) is 0 Å². The molecule has 1 aromatic carbocycles. The van der Waals surface area contributed by atoms with Crippen molar-refractivity contribution < 1.29 is 0 Å². The third kappa shape index (κ3) is 3.42. The zero-order chi connectivity index (χ0) is 13.0. The number of hydrogen-bond donors (Lipinski definition) is 0. The highest BCUT2D eigenvalue weighted by atomic mass is 14.8. The highest BCUT2D eigenvalue weighted by Gasteiger charge is 2.03. The van der Waals surface area contributed by atoms with Crippen molar-refractivity contribution in [3.05, 3.63) is 58.8 Å². The summed E-state index contributed by atoms with van der Waals surface area (Å²) in [4.78, 5) is 4.57. The summed E-state index contributed by atoms with van der Waals surface area (Å²) < 4.78 is 0. The molecule has 0 bridgehead atoms. The first-order chi connectivity index (χ1) is 7.95. The zero-order valence-electron chi connectivity index (χ0n) is 11.5. The highest BCUT2D eigenvalue weighted by molar-refractivity contribution is 6.00. The number of aryl methyl sites for hydroxylation is 2. The Hall–Kier alpha value is -1.63. The van der Waals surface area contributed by atoms with E-state index < -0.39 is 0 Å². The molecule has 0 saturated carbocycles. The van der Waals surface area contributed by atoms with Crippen LogP contribution in [-0.4, -0.2) is 5.71 Å². The second-order valence-electron chi connectivity index (χ2n) is 4.43. The molecule has 0 spiro atoms. The summed E-state index contributed by atoms with van der Waals surface area (Å²) in [5.74, 6) is 0. The molecule has 1 rings (SSSR count). The molecule has 0 aliphatic carbocycles. The first kappa shape index (κ1) is 13.4. The normalized spacial score (nSPS) is 12.8. The first-order valence-corrected chi connectivity index (χ1v) is 5.90. The van der Waals surface area contributed by atoms with Crippen molar-refractivity contribution >= 4 is 5.71 Å². The largest absolute Gasteiger partial charge is 0.253 e. The summed E-state index contributed by atoms with van der Waals surface area (Å²) in [7, 11) is 0. The summed E-state index contributed by atoms with van der Waals surface area (Å²) in [5.41, 5.74) is 6.70. The quantitative estimate of drug-likeness (QED) is 0.529. The average Bonchev–Trinajstić information content (AvgIpc) is 2.30. The van der Waals surface area contributed by atoms with E-state index in [1.807, 2.05) is 26.8 Å². The van der Waals surface area contributed by atoms with Crippen LogP contribution in [0.15, 0.2) is 47.1 Å². The summed E-state index contributed by atoms with van der Waals surface area (Å²) >= 11 is 0. The lowest BCUT2D eigenvalue weighted by molar-refractivity contribution is 1.27. The van der Waals surface area contributed by atoms with E-state index in [4.69, 9.17) is 0 Å². The van der Waals surface area contributed by atoms with Crippen LogP contribution in [-0.2, 0) is 0 Å². The molecule has 1 nitrogen and oxygen atoms in total. The Morgan fingerprint density at radius 2 is 1.88 bits per heavy atom. The van der Waals surface area contributed by atoms with E-state index in [1.165, 1.54) is 16.7 Å². The van der Waals surface area contributed by atoms with Gasteiger partial charge in [0, 0.05) is 5.71 Å². The maximum absolute atomic E-state index is 4.57. The lowest BCUT2D eigenvalue weighted by atomic mass is 10.0. The van der Waals surface area contributed by atoms with Crippen LogP contribution >= 0.6 is 0 Å². The van der Waals surface area contributed by atoms with Crippen LogP contribution in [0.4, 0.5) is 0 Å². The first-order valence-electron chi connectivity index (χ1n) is 5.90. The van der Waals surface area contributed by atoms with Crippen molar-refractivity contribution in [2.75, 3.05) is 0 Å². The van der Waals surface area contributed by atoms with Gasteiger partial charge in [0.1, 0.15) is 0 Å². The van der Waals surface area contributed by atoms with Crippen LogP contribution in [0.2, 0.25) is 0 Å². The number of nitrogens with zero attached hydrogens (tertiary/aromatic N) is 1. The minimum Gasteiger partial charge on any atom is -0.253 e. The van der Waals surface area contributed by atoms with Gasteiger partial charge >= 0.3 is 0 Å². The third-order valence-electron chi connectivity index (χ3n) is 2.97. The van der Waals surface area contributed by atoms with Gasteiger partial charge in [0.15, 0.2) is 0 Å². The molecular weight excluding hydrogens is 206 g/mol. The van der Waals surface area contributed by atoms with Crippen LogP contribution in [0.5, 0.6) is 0 Å². The van der Waals surface area contributed by atoms with Gasteiger partial charge in [-0.15, -0.1) is 0 Å². The maximum atomic E-state index is 4.57. The van der Waals surface area contributed by atoms with E-state index in [0.29, 0.717) is 0 Å². The molecule has 0 unspecified atom stereocenters. The number of hydrogen-bond acceptors (Lipinski definition) is 1. The van der Waals surface area contributed by atoms with E-state index in [0.717, 1.165) is 17.0 Å². The molecule has 1 heteroatoms. The van der Waals surface area contributed by atoms with Crippen molar-refractivity contribution in [3.8, 4) is 0 Å². The Kier molecular flexibility index (Phi) is 4.45. The van der Waals surface area contributed by atoms with E-state index in [2.05, 4.69) is 43.6 Å². The molecular formula is C16H21N. The second kappa shape index (κ2) is 5.62. The lowest BCUT2D eigenvalue weighted by Crippen LogP contribution is -1.99. The van der Waals surface area contributed by atoms with Crippen LogP contribution < -0.4 is 0 Å². The molecule has 1 aromatic rings. The molecule has 90 valence electrons. The Bertz CT molecular complexity index is 490. The monoisotopic (exact) mass is 227 g/mol. The van der Waals surface area contributed by atoms with Crippen molar-refractivity contribution in [2.45, 2.75) is 34.6 Å². The lowest BCUT2D eigenvalue weighted by Gasteiger charge is -2.08. The molecule has 0 radical (unpaired) electrons. The average molecular weight is 227 g/mol. The second-order valence-corrected chi connectivity index (χ2v) is 4.43. The number of rotatable bonds is 3. The summed E-state index contributed by atoms with van der Waals surface area (Å²) in [5, 5.41) is 0. The summed E-state index contributed by atoms with van der Waals surface area (Å²) in [6, 6.07) is 6.43. The minimum absolute atomic E-state index is 0.839. The fraction of sp³-hybridized carbons (Fsp3) is 0.312. The summed E-state index contributed by atoms with van der Waals surface area (Å²) in [6.07, 6.45) is 2.03. The molecule has 0 saturated heterocycles. The van der Waals surface area contributed by atoms with Gasteiger partial charge in [0.05, 0.1) is 5.70 Å². The van der Waals surface area contributed by atoms with Gasteiger partial charge in [-0.3, -0.25) is 4.99 Å². The van der Waals surface area contributed by atoms with Gasteiger partial charge in [-0.1, -0.05) is 30.4 Å². The van der Waals surface area contributed by atoms with Gasteiger partial charge in [-0.05, 0) is 57.4 Å². The Labute approximate surface area is 105 Å². The SMILES string of the molecule is C=C(N=C(C)c1cc(C)ccc1C)/C(C)=C/C. The summed E-state index contributed by atoms with van der Waals surface area (Å²) in [6.45, 7) is 14.3. The zero-order valence-corrected chi connectivity index (χ0v) is 11.5. The molecule has 0 aromatic heterocycles. The van der Waals surface area contributed by atoms with Gasteiger partial charge < -0.3 is 0 Å². The number of aliphatic imine (C=N–C) groups is 1. The number of benzene rings is 1. The Morgan fingerprint density at radius 3 is 2.47 bits per heavy atom. The topological polar surface area (TPSA) is 12.4 Å². The fourth-order valence-corrected chi connectivity index (χ4v) is 1.64. The fourth-order valence-electron chi connectivity index (χ4n) is 1.64. The van der Waals surface area contributed by atoms with Gasteiger partial charge in [0.25, 0.3) is 0 Å². The van der Waals surface area contributed by atoms with Gasteiger partial charge in [-0.2, -0.15) is 0 Å². The molecule has 0 N–H and O–H groups in total. The molecule has 0 aliphatic rings. The molecule has 0 heterocycles. The predicted octanol–water partition coefficient (Wildman–Crippen LogP) is 4.59.